The minimum atomic E-state index is -0.171. The van der Waals surface area contributed by atoms with Gasteiger partial charge < -0.3 is 24.6 Å². The highest BCUT2D eigenvalue weighted by atomic mass is 16.5. The van der Waals surface area contributed by atoms with Crippen LogP contribution in [0.5, 0.6) is 11.5 Å². The van der Waals surface area contributed by atoms with Crippen molar-refractivity contribution in [2.45, 2.75) is 0 Å². The molecule has 0 atom stereocenters. The summed E-state index contributed by atoms with van der Waals surface area (Å²) in [5.41, 5.74) is 0.620. The molecule has 6 nitrogen and oxygen atoms in total. The molecule has 0 aromatic heterocycles. The van der Waals surface area contributed by atoms with E-state index < -0.39 is 0 Å². The maximum Gasteiger partial charge on any atom is 0.321 e. The number of carbonyl (C=O) groups excluding carboxylic acids is 1. The fraction of sp³-hybridized carbons (Fsp3) is 0.500. The first-order valence-corrected chi connectivity index (χ1v) is 6.36. The number of likely N-dealkylation sites (N-methyl/N-ethyl adjacent to an activating group) is 2. The number of rotatable bonds is 6. The van der Waals surface area contributed by atoms with E-state index in [0.29, 0.717) is 23.7 Å². The zero-order valence-electron chi connectivity index (χ0n) is 12.8. The zero-order valence-corrected chi connectivity index (χ0v) is 12.8. The third-order valence-corrected chi connectivity index (χ3v) is 2.88. The Labute approximate surface area is 120 Å². The van der Waals surface area contributed by atoms with Crippen molar-refractivity contribution in [3.8, 4) is 11.5 Å². The lowest BCUT2D eigenvalue weighted by Crippen LogP contribution is -2.36. The molecule has 112 valence electrons. The molecule has 0 fully saturated rings. The van der Waals surface area contributed by atoms with Gasteiger partial charge in [-0.25, -0.2) is 4.79 Å². The van der Waals surface area contributed by atoms with Crippen molar-refractivity contribution in [1.82, 2.24) is 9.80 Å². The first-order chi connectivity index (χ1) is 9.47. The zero-order chi connectivity index (χ0) is 15.1. The average molecular weight is 281 g/mol. The number of hydrogen-bond donors (Lipinski definition) is 1. The molecule has 0 saturated carbocycles. The van der Waals surface area contributed by atoms with E-state index in [-0.39, 0.29) is 6.03 Å². The number of urea groups is 1. The van der Waals surface area contributed by atoms with Crippen molar-refractivity contribution in [2.24, 2.45) is 0 Å². The van der Waals surface area contributed by atoms with Gasteiger partial charge in [0.2, 0.25) is 0 Å². The van der Waals surface area contributed by atoms with Crippen LogP contribution in [0.4, 0.5) is 10.5 Å². The summed E-state index contributed by atoms with van der Waals surface area (Å²) in [5, 5.41) is 2.82. The molecule has 1 rings (SSSR count). The van der Waals surface area contributed by atoms with Gasteiger partial charge in [0.25, 0.3) is 0 Å². The maximum atomic E-state index is 12.1. The minimum absolute atomic E-state index is 0.171. The van der Waals surface area contributed by atoms with Gasteiger partial charge in [-0.05, 0) is 26.2 Å². The molecule has 1 N–H and O–H groups in total. The molecular weight excluding hydrogens is 258 g/mol. The first-order valence-electron chi connectivity index (χ1n) is 6.36. The van der Waals surface area contributed by atoms with Crippen LogP contribution in [0.1, 0.15) is 0 Å². The third-order valence-electron chi connectivity index (χ3n) is 2.88. The van der Waals surface area contributed by atoms with E-state index >= 15 is 0 Å². The summed E-state index contributed by atoms with van der Waals surface area (Å²) in [7, 11) is 8.84. The van der Waals surface area contributed by atoms with E-state index in [2.05, 4.69) is 5.32 Å². The van der Waals surface area contributed by atoms with Crippen LogP contribution in [0.3, 0.4) is 0 Å². The Hall–Kier alpha value is -1.95. The van der Waals surface area contributed by atoms with Gasteiger partial charge in [0.05, 0.1) is 19.9 Å². The number of benzene rings is 1. The molecule has 20 heavy (non-hydrogen) atoms. The molecule has 2 amide bonds. The molecule has 0 aliphatic heterocycles. The van der Waals surface area contributed by atoms with E-state index in [1.165, 1.54) is 0 Å². The van der Waals surface area contributed by atoms with Gasteiger partial charge in [0.15, 0.2) is 0 Å². The lowest BCUT2D eigenvalue weighted by atomic mass is 10.2. The number of ether oxygens (including phenoxy) is 2. The number of amides is 2. The second-order valence-corrected chi connectivity index (χ2v) is 4.72. The summed E-state index contributed by atoms with van der Waals surface area (Å²) < 4.78 is 10.4. The number of carbonyl (C=O) groups is 1. The first kappa shape index (κ1) is 16.1. The van der Waals surface area contributed by atoms with E-state index in [0.717, 1.165) is 6.54 Å². The molecule has 0 saturated heterocycles. The van der Waals surface area contributed by atoms with E-state index in [1.54, 1.807) is 44.4 Å². The van der Waals surface area contributed by atoms with Gasteiger partial charge in [-0.1, -0.05) is 0 Å². The summed E-state index contributed by atoms with van der Waals surface area (Å²) in [6, 6.07) is 5.10. The Balaban J connectivity index is 2.69. The highest BCUT2D eigenvalue weighted by Gasteiger charge is 2.12. The summed E-state index contributed by atoms with van der Waals surface area (Å²) in [4.78, 5) is 15.7. The van der Waals surface area contributed by atoms with Crippen LogP contribution in [-0.4, -0.2) is 64.3 Å². The number of nitrogens with one attached hydrogen (secondary N) is 1. The number of anilines is 1. The second kappa shape index (κ2) is 7.59. The van der Waals surface area contributed by atoms with Crippen LogP contribution in [0.2, 0.25) is 0 Å². The van der Waals surface area contributed by atoms with E-state index in [9.17, 15) is 4.79 Å². The van der Waals surface area contributed by atoms with Crippen LogP contribution in [0.25, 0.3) is 0 Å². The highest BCUT2D eigenvalue weighted by molar-refractivity contribution is 5.91. The molecule has 0 aliphatic carbocycles. The molecule has 0 bridgehead atoms. The molecule has 0 spiro atoms. The van der Waals surface area contributed by atoms with Crippen LogP contribution in [0, 0.1) is 0 Å². The monoisotopic (exact) mass is 281 g/mol. The van der Waals surface area contributed by atoms with Crippen LogP contribution in [-0.2, 0) is 0 Å². The van der Waals surface area contributed by atoms with Gasteiger partial charge in [-0.3, -0.25) is 0 Å². The van der Waals surface area contributed by atoms with Gasteiger partial charge in [0.1, 0.15) is 11.5 Å². The quantitative estimate of drug-likeness (QED) is 0.863. The second-order valence-electron chi connectivity index (χ2n) is 4.72. The molecule has 1 aromatic rings. The van der Waals surface area contributed by atoms with Crippen molar-refractivity contribution in [1.29, 1.82) is 0 Å². The Morgan fingerprint density at radius 1 is 1.15 bits per heavy atom. The highest BCUT2D eigenvalue weighted by Crippen LogP contribution is 2.29. The molecular formula is C14H23N3O3. The number of nitrogens with zero attached hydrogens (tertiary/aromatic N) is 2. The molecule has 6 heteroatoms. The van der Waals surface area contributed by atoms with Crippen LogP contribution in [0.15, 0.2) is 18.2 Å². The summed E-state index contributed by atoms with van der Waals surface area (Å²) in [6.45, 7) is 1.46. The van der Waals surface area contributed by atoms with E-state index in [1.807, 2.05) is 19.0 Å². The van der Waals surface area contributed by atoms with Gasteiger partial charge in [-0.2, -0.15) is 0 Å². The summed E-state index contributed by atoms with van der Waals surface area (Å²) in [6.07, 6.45) is 0. The molecule has 1 aromatic carbocycles. The predicted octanol–water partition coefficient (Wildman–Crippen LogP) is 1.73. The largest absolute Gasteiger partial charge is 0.497 e. The van der Waals surface area contributed by atoms with Crippen molar-refractivity contribution >= 4 is 11.7 Å². The van der Waals surface area contributed by atoms with Crippen LogP contribution < -0.4 is 14.8 Å². The molecule has 0 radical (unpaired) electrons. The lowest BCUT2D eigenvalue weighted by molar-refractivity contribution is 0.217. The summed E-state index contributed by atoms with van der Waals surface area (Å²) >= 11 is 0. The fourth-order valence-electron chi connectivity index (χ4n) is 1.56. The third kappa shape index (κ3) is 4.62. The fourth-order valence-corrected chi connectivity index (χ4v) is 1.56. The number of methoxy groups -OCH3 is 2. The Morgan fingerprint density at radius 3 is 2.40 bits per heavy atom. The molecule has 0 aliphatic rings. The molecule has 0 unspecified atom stereocenters. The Kier molecular flexibility index (Phi) is 6.11. The van der Waals surface area contributed by atoms with Gasteiger partial charge >= 0.3 is 6.03 Å². The Bertz CT molecular complexity index is 449. The van der Waals surface area contributed by atoms with Crippen molar-refractivity contribution < 1.29 is 14.3 Å². The van der Waals surface area contributed by atoms with Crippen molar-refractivity contribution in [3.63, 3.8) is 0 Å². The van der Waals surface area contributed by atoms with Gasteiger partial charge in [0, 0.05) is 26.2 Å². The van der Waals surface area contributed by atoms with Crippen molar-refractivity contribution in [3.05, 3.63) is 18.2 Å². The standard InChI is InChI=1S/C14H23N3O3/c1-16(2)8-9-17(3)14(18)15-12-7-6-11(19-4)10-13(12)20-5/h6-7,10H,8-9H2,1-5H3,(H,15,18). The average Bonchev–Trinajstić information content (AvgIpc) is 2.44. The Morgan fingerprint density at radius 2 is 1.85 bits per heavy atom. The molecule has 0 heterocycles. The van der Waals surface area contributed by atoms with Crippen molar-refractivity contribution in [2.75, 3.05) is 53.8 Å². The van der Waals surface area contributed by atoms with E-state index in [4.69, 9.17) is 9.47 Å². The van der Waals surface area contributed by atoms with Gasteiger partial charge in [-0.15, -0.1) is 0 Å². The maximum absolute atomic E-state index is 12.1. The minimum Gasteiger partial charge on any atom is -0.497 e. The predicted molar refractivity (Wildman–Crippen MR) is 79.7 cm³/mol. The summed E-state index contributed by atoms with van der Waals surface area (Å²) in [5.74, 6) is 1.25. The SMILES string of the molecule is COc1ccc(NC(=O)N(C)CCN(C)C)c(OC)c1. The number of hydrogen-bond acceptors (Lipinski definition) is 4. The normalized spacial score (nSPS) is 10.3. The topological polar surface area (TPSA) is 54.0 Å². The van der Waals surface area contributed by atoms with Crippen LogP contribution >= 0.6 is 0 Å². The smallest absolute Gasteiger partial charge is 0.321 e. The lowest BCUT2D eigenvalue weighted by Gasteiger charge is -2.21.